The fourth-order valence-corrected chi connectivity index (χ4v) is 2.46. The molecule has 0 aliphatic rings. The van der Waals surface area contributed by atoms with Gasteiger partial charge in [0.2, 0.25) is 0 Å². The average molecular weight is 404 g/mol. The van der Waals surface area contributed by atoms with Crippen molar-refractivity contribution in [2.24, 2.45) is 0 Å². The standard InChI is InChI=1S/C6H14Br2O6P2/c7-1-3-11-15(9)13-5-6-14-16(10)12-4-2-8/h9-10H,1-6H2. The third-order valence-electron chi connectivity index (χ3n) is 1.04. The summed E-state index contributed by atoms with van der Waals surface area (Å²) in [5.74, 6) is 0. The van der Waals surface area contributed by atoms with Gasteiger partial charge in [0.25, 0.3) is 0 Å². The lowest BCUT2D eigenvalue weighted by Crippen LogP contribution is -2.02. The SMILES string of the molecule is OP(OCCBr)OCCOP(O)OCCBr. The number of rotatable bonds is 11. The third kappa shape index (κ3) is 12.0. The Morgan fingerprint density at radius 3 is 1.31 bits per heavy atom. The van der Waals surface area contributed by atoms with E-state index in [1.165, 1.54) is 0 Å². The van der Waals surface area contributed by atoms with Gasteiger partial charge in [-0.1, -0.05) is 31.9 Å². The molecule has 2 atom stereocenters. The Hall–Kier alpha value is 1.58. The quantitative estimate of drug-likeness (QED) is 0.313. The molecule has 2 N–H and O–H groups in total. The monoisotopic (exact) mass is 402 g/mol. The van der Waals surface area contributed by atoms with Crippen LogP contribution in [-0.4, -0.2) is 46.9 Å². The molecule has 0 saturated heterocycles. The van der Waals surface area contributed by atoms with Gasteiger partial charge in [-0.25, -0.2) is 0 Å². The first kappa shape index (κ1) is 17.6. The second-order valence-corrected chi connectivity index (χ2v) is 5.76. The summed E-state index contributed by atoms with van der Waals surface area (Å²) in [6.07, 6.45) is 0. The first-order valence-corrected chi connectivity index (χ1v) is 8.82. The van der Waals surface area contributed by atoms with Crippen LogP contribution in [0.5, 0.6) is 0 Å². The maximum absolute atomic E-state index is 9.14. The zero-order chi connectivity index (χ0) is 12.2. The Kier molecular flexibility index (Phi) is 14.3. The van der Waals surface area contributed by atoms with Crippen LogP contribution in [0.2, 0.25) is 0 Å². The molecule has 0 fully saturated rings. The van der Waals surface area contributed by atoms with Crippen LogP contribution in [0.15, 0.2) is 0 Å². The smallest absolute Gasteiger partial charge is 0.328 e. The van der Waals surface area contributed by atoms with Crippen LogP contribution in [0, 0.1) is 0 Å². The predicted molar refractivity (Wildman–Crippen MR) is 69.7 cm³/mol. The van der Waals surface area contributed by atoms with Crippen molar-refractivity contribution in [3.63, 3.8) is 0 Å². The lowest BCUT2D eigenvalue weighted by atomic mass is 10.8. The van der Waals surface area contributed by atoms with Crippen molar-refractivity contribution in [2.45, 2.75) is 0 Å². The molecule has 0 aromatic carbocycles. The van der Waals surface area contributed by atoms with Crippen molar-refractivity contribution in [1.82, 2.24) is 0 Å². The summed E-state index contributed by atoms with van der Waals surface area (Å²) in [6, 6.07) is 0. The van der Waals surface area contributed by atoms with Gasteiger partial charge in [-0.3, -0.25) is 0 Å². The molecule has 0 bridgehead atoms. The van der Waals surface area contributed by atoms with Crippen LogP contribution in [0.4, 0.5) is 0 Å². The Balaban J connectivity index is 3.24. The molecule has 0 radical (unpaired) electrons. The summed E-state index contributed by atoms with van der Waals surface area (Å²) in [5, 5.41) is 1.27. The zero-order valence-corrected chi connectivity index (χ0v) is 13.4. The number of hydrogen-bond acceptors (Lipinski definition) is 6. The van der Waals surface area contributed by atoms with Gasteiger partial charge in [0.15, 0.2) is 0 Å². The van der Waals surface area contributed by atoms with Gasteiger partial charge in [0, 0.05) is 10.7 Å². The van der Waals surface area contributed by atoms with E-state index in [0.29, 0.717) is 23.9 Å². The van der Waals surface area contributed by atoms with Crippen molar-refractivity contribution in [2.75, 3.05) is 37.1 Å². The normalized spacial score (nSPS) is 15.0. The van der Waals surface area contributed by atoms with Gasteiger partial charge in [-0.2, -0.15) is 0 Å². The molecule has 2 unspecified atom stereocenters. The van der Waals surface area contributed by atoms with Gasteiger partial charge in [-0.15, -0.1) is 0 Å². The molecule has 98 valence electrons. The number of alkyl halides is 2. The second-order valence-electron chi connectivity index (χ2n) is 2.19. The molecule has 10 heteroatoms. The summed E-state index contributed by atoms with van der Waals surface area (Å²) in [7, 11) is -3.72. The maximum Gasteiger partial charge on any atom is 0.329 e. The highest BCUT2D eigenvalue weighted by molar-refractivity contribution is 9.09. The molecule has 16 heavy (non-hydrogen) atoms. The van der Waals surface area contributed by atoms with Gasteiger partial charge < -0.3 is 27.9 Å². The summed E-state index contributed by atoms with van der Waals surface area (Å²) in [5.41, 5.74) is 0. The average Bonchev–Trinajstić information content (AvgIpc) is 2.29. The van der Waals surface area contributed by atoms with Crippen LogP contribution >= 0.6 is 49.1 Å². The third-order valence-corrected chi connectivity index (χ3v) is 3.31. The minimum absolute atomic E-state index is 0.140. The first-order chi connectivity index (χ1) is 7.70. The van der Waals surface area contributed by atoms with E-state index in [9.17, 15) is 0 Å². The fourth-order valence-electron chi connectivity index (χ4n) is 0.530. The van der Waals surface area contributed by atoms with Crippen LogP contribution in [-0.2, 0) is 18.1 Å². The zero-order valence-electron chi connectivity index (χ0n) is 8.42. The molecule has 0 rings (SSSR count). The van der Waals surface area contributed by atoms with Crippen LogP contribution in [0.3, 0.4) is 0 Å². The summed E-state index contributed by atoms with van der Waals surface area (Å²) in [4.78, 5) is 18.3. The van der Waals surface area contributed by atoms with Crippen molar-refractivity contribution in [3.05, 3.63) is 0 Å². The van der Waals surface area contributed by atoms with Crippen molar-refractivity contribution < 1.29 is 27.9 Å². The fraction of sp³-hybridized carbons (Fsp3) is 1.00. The van der Waals surface area contributed by atoms with Gasteiger partial charge in [0.05, 0.1) is 26.4 Å². The van der Waals surface area contributed by atoms with Gasteiger partial charge in [0.1, 0.15) is 0 Å². The summed E-state index contributed by atoms with van der Waals surface area (Å²) < 4.78 is 19.5. The van der Waals surface area contributed by atoms with Gasteiger partial charge >= 0.3 is 17.2 Å². The van der Waals surface area contributed by atoms with Gasteiger partial charge in [-0.05, 0) is 0 Å². The van der Waals surface area contributed by atoms with Crippen molar-refractivity contribution >= 4 is 49.1 Å². The van der Waals surface area contributed by atoms with Crippen LogP contribution < -0.4 is 0 Å². The van der Waals surface area contributed by atoms with E-state index < -0.39 is 17.2 Å². The second kappa shape index (κ2) is 13.0. The summed E-state index contributed by atoms with van der Waals surface area (Å²) in [6.45, 7) is 1.04. The minimum atomic E-state index is -1.86. The topological polar surface area (TPSA) is 77.4 Å². The summed E-state index contributed by atoms with van der Waals surface area (Å²) >= 11 is 6.29. The molecular weight excluding hydrogens is 390 g/mol. The molecule has 0 aliphatic heterocycles. The highest BCUT2D eigenvalue weighted by atomic mass is 79.9. The Morgan fingerprint density at radius 1 is 0.688 bits per heavy atom. The molecular formula is C6H14Br2O6P2. The number of hydrogen-bond donors (Lipinski definition) is 2. The van der Waals surface area contributed by atoms with E-state index in [2.05, 4.69) is 31.9 Å². The molecule has 0 heterocycles. The van der Waals surface area contributed by atoms with E-state index >= 15 is 0 Å². The molecule has 0 aromatic heterocycles. The largest absolute Gasteiger partial charge is 0.329 e. The lowest BCUT2D eigenvalue weighted by Gasteiger charge is -2.11. The maximum atomic E-state index is 9.14. The highest BCUT2D eigenvalue weighted by Gasteiger charge is 2.08. The molecule has 6 nitrogen and oxygen atoms in total. The van der Waals surface area contributed by atoms with E-state index in [1.54, 1.807) is 0 Å². The molecule has 0 amide bonds. The Labute approximate surface area is 114 Å². The minimum Gasteiger partial charge on any atom is -0.328 e. The highest BCUT2D eigenvalue weighted by Crippen LogP contribution is 2.34. The Bertz CT molecular complexity index is 141. The number of halogens is 2. The van der Waals surface area contributed by atoms with E-state index in [-0.39, 0.29) is 13.2 Å². The van der Waals surface area contributed by atoms with Crippen molar-refractivity contribution in [1.29, 1.82) is 0 Å². The Morgan fingerprint density at radius 2 is 1.00 bits per heavy atom. The van der Waals surface area contributed by atoms with E-state index in [1.807, 2.05) is 0 Å². The first-order valence-electron chi connectivity index (χ1n) is 4.32. The molecule has 0 spiro atoms. The molecule has 0 saturated carbocycles. The van der Waals surface area contributed by atoms with Crippen LogP contribution in [0.25, 0.3) is 0 Å². The van der Waals surface area contributed by atoms with Crippen LogP contribution in [0.1, 0.15) is 0 Å². The predicted octanol–water partition coefficient (Wildman–Crippen LogP) is 2.28. The van der Waals surface area contributed by atoms with E-state index in [4.69, 9.17) is 27.9 Å². The lowest BCUT2D eigenvalue weighted by molar-refractivity contribution is 0.150. The van der Waals surface area contributed by atoms with E-state index in [0.717, 1.165) is 0 Å². The van der Waals surface area contributed by atoms with Crippen molar-refractivity contribution in [3.8, 4) is 0 Å². The molecule has 0 aliphatic carbocycles. The molecule has 0 aromatic rings.